The molecule has 0 saturated carbocycles. The number of hydrazone groups is 1. The number of amides is 1. The first-order chi connectivity index (χ1) is 6.48. The monoisotopic (exact) mass is 216 g/mol. The molecule has 0 aromatic heterocycles. The molecule has 0 aromatic rings. The van der Waals surface area contributed by atoms with Gasteiger partial charge in [0, 0.05) is 12.5 Å². The van der Waals surface area contributed by atoms with E-state index in [2.05, 4.69) is 20.8 Å². The van der Waals surface area contributed by atoms with Crippen molar-refractivity contribution in [3.8, 4) is 0 Å². The summed E-state index contributed by atoms with van der Waals surface area (Å²) in [5.41, 5.74) is 2.55. The van der Waals surface area contributed by atoms with Crippen molar-refractivity contribution in [2.75, 3.05) is 6.26 Å². The Bertz CT molecular complexity index is 438. The van der Waals surface area contributed by atoms with E-state index in [0.717, 1.165) is 6.26 Å². The number of sulfone groups is 1. The highest BCUT2D eigenvalue weighted by Crippen LogP contribution is 2.13. The predicted octanol–water partition coefficient (Wildman–Crippen LogP) is -1.95. The minimum atomic E-state index is -3.47. The minimum Gasteiger partial charge on any atom is -0.301 e. The number of amidine groups is 1. The molecule has 7 nitrogen and oxygen atoms in total. The zero-order valence-electron chi connectivity index (χ0n) is 7.26. The summed E-state index contributed by atoms with van der Waals surface area (Å²) in [7, 11) is -3.47. The molecule has 2 aliphatic rings. The topological polar surface area (TPSA) is 100.0 Å². The molecule has 2 aliphatic heterocycles. The SMILES string of the molecule is CS(=O)(=O)C1=N[C@@H]2NN=C[C@H]2C(=O)N1. The molecule has 0 fully saturated rings. The quantitative estimate of drug-likeness (QED) is 0.491. The van der Waals surface area contributed by atoms with E-state index in [0.29, 0.717) is 0 Å². The van der Waals surface area contributed by atoms with Gasteiger partial charge < -0.3 is 5.32 Å². The van der Waals surface area contributed by atoms with E-state index in [1.54, 1.807) is 0 Å². The van der Waals surface area contributed by atoms with Gasteiger partial charge in [0.25, 0.3) is 0 Å². The summed E-state index contributed by atoms with van der Waals surface area (Å²) < 4.78 is 22.2. The molecule has 14 heavy (non-hydrogen) atoms. The Kier molecular flexibility index (Phi) is 1.81. The van der Waals surface area contributed by atoms with Crippen LogP contribution in [0.15, 0.2) is 10.1 Å². The fourth-order valence-electron chi connectivity index (χ4n) is 1.22. The van der Waals surface area contributed by atoms with E-state index in [1.165, 1.54) is 6.21 Å². The van der Waals surface area contributed by atoms with Gasteiger partial charge in [0.15, 0.2) is 6.17 Å². The highest BCUT2D eigenvalue weighted by Gasteiger charge is 2.37. The summed E-state index contributed by atoms with van der Waals surface area (Å²) in [5, 5.41) is 5.57. The molecule has 0 saturated heterocycles. The summed E-state index contributed by atoms with van der Waals surface area (Å²) in [6.45, 7) is 0. The Balaban J connectivity index is 2.38. The third-order valence-corrected chi connectivity index (χ3v) is 2.83. The van der Waals surface area contributed by atoms with Gasteiger partial charge in [-0.25, -0.2) is 13.4 Å². The lowest BCUT2D eigenvalue weighted by atomic mass is 10.1. The second kappa shape index (κ2) is 2.77. The Morgan fingerprint density at radius 3 is 2.86 bits per heavy atom. The standard InChI is InChI=1S/C6H8N4O3S/c1-14(12,13)6-8-4-3(2-7-10-4)5(11)9-6/h2-4,10H,1H3,(H,8,9,11)/t3-,4-/m1/s1. The van der Waals surface area contributed by atoms with Gasteiger partial charge in [0.1, 0.15) is 5.92 Å². The lowest BCUT2D eigenvalue weighted by Gasteiger charge is -2.20. The molecule has 0 unspecified atom stereocenters. The fourth-order valence-corrected chi connectivity index (χ4v) is 1.81. The van der Waals surface area contributed by atoms with E-state index in [-0.39, 0.29) is 5.17 Å². The third kappa shape index (κ3) is 1.37. The number of carbonyl (C=O) groups is 1. The van der Waals surface area contributed by atoms with Crippen LogP contribution in [0.2, 0.25) is 0 Å². The van der Waals surface area contributed by atoms with Gasteiger partial charge in [-0.15, -0.1) is 0 Å². The molecule has 2 N–H and O–H groups in total. The Morgan fingerprint density at radius 2 is 2.21 bits per heavy atom. The van der Waals surface area contributed by atoms with Gasteiger partial charge in [-0.05, 0) is 0 Å². The first kappa shape index (κ1) is 9.13. The molecule has 1 amide bonds. The molecule has 0 radical (unpaired) electrons. The van der Waals surface area contributed by atoms with Crippen LogP contribution in [0.25, 0.3) is 0 Å². The van der Waals surface area contributed by atoms with Crippen LogP contribution in [0.1, 0.15) is 0 Å². The predicted molar refractivity (Wildman–Crippen MR) is 49.3 cm³/mol. The number of hydrogen-bond donors (Lipinski definition) is 2. The maximum atomic E-state index is 11.3. The first-order valence-corrected chi connectivity index (χ1v) is 5.75. The fraction of sp³-hybridized carbons (Fsp3) is 0.500. The van der Waals surface area contributed by atoms with Crippen LogP contribution in [0.4, 0.5) is 0 Å². The van der Waals surface area contributed by atoms with Crippen molar-refractivity contribution in [1.29, 1.82) is 0 Å². The van der Waals surface area contributed by atoms with Crippen molar-refractivity contribution in [2.45, 2.75) is 6.17 Å². The van der Waals surface area contributed by atoms with Crippen LogP contribution >= 0.6 is 0 Å². The molecule has 76 valence electrons. The minimum absolute atomic E-state index is 0.304. The lowest BCUT2D eigenvalue weighted by Crippen LogP contribution is -2.49. The molecule has 0 spiro atoms. The second-order valence-corrected chi connectivity index (χ2v) is 5.00. The molecule has 2 atom stereocenters. The van der Waals surface area contributed by atoms with Crippen molar-refractivity contribution in [3.05, 3.63) is 0 Å². The second-order valence-electron chi connectivity index (χ2n) is 3.07. The van der Waals surface area contributed by atoms with Gasteiger partial charge in [-0.3, -0.25) is 10.2 Å². The van der Waals surface area contributed by atoms with Crippen LogP contribution in [0.3, 0.4) is 0 Å². The van der Waals surface area contributed by atoms with Crippen LogP contribution in [-0.4, -0.2) is 38.1 Å². The molecular weight excluding hydrogens is 208 g/mol. The average Bonchev–Trinajstić information content (AvgIpc) is 2.50. The number of carbonyl (C=O) groups excluding carboxylic acids is 1. The van der Waals surface area contributed by atoms with Crippen LogP contribution < -0.4 is 10.7 Å². The molecule has 2 heterocycles. The highest BCUT2D eigenvalue weighted by molar-refractivity contribution is 8.05. The highest BCUT2D eigenvalue weighted by atomic mass is 32.2. The summed E-state index contributed by atoms with van der Waals surface area (Å²) in [6, 6.07) is 0. The number of rotatable bonds is 0. The third-order valence-electron chi connectivity index (χ3n) is 1.92. The maximum Gasteiger partial charge on any atom is 0.238 e. The maximum absolute atomic E-state index is 11.3. The lowest BCUT2D eigenvalue weighted by molar-refractivity contribution is -0.122. The van der Waals surface area contributed by atoms with Crippen molar-refractivity contribution >= 4 is 27.1 Å². The number of aliphatic imine (C=N–C) groups is 1. The Morgan fingerprint density at radius 1 is 1.50 bits per heavy atom. The first-order valence-electron chi connectivity index (χ1n) is 3.86. The molecule has 2 rings (SSSR count). The van der Waals surface area contributed by atoms with Crippen LogP contribution in [-0.2, 0) is 14.6 Å². The summed E-state index contributed by atoms with van der Waals surface area (Å²) in [4.78, 5) is 15.2. The van der Waals surface area contributed by atoms with E-state index in [9.17, 15) is 13.2 Å². The summed E-state index contributed by atoms with van der Waals surface area (Å²) in [6.07, 6.45) is 1.80. The molecular formula is C6H8N4O3S. The van der Waals surface area contributed by atoms with Crippen molar-refractivity contribution in [1.82, 2.24) is 10.7 Å². The van der Waals surface area contributed by atoms with E-state index < -0.39 is 27.8 Å². The van der Waals surface area contributed by atoms with Crippen LogP contribution in [0, 0.1) is 5.92 Å². The molecule has 0 bridgehead atoms. The van der Waals surface area contributed by atoms with Crippen molar-refractivity contribution in [2.24, 2.45) is 16.0 Å². The Hall–Kier alpha value is -1.44. The Labute approximate surface area is 80.2 Å². The van der Waals surface area contributed by atoms with Crippen LogP contribution in [0.5, 0.6) is 0 Å². The van der Waals surface area contributed by atoms with Gasteiger partial charge in [-0.1, -0.05) is 0 Å². The van der Waals surface area contributed by atoms with E-state index in [1.807, 2.05) is 0 Å². The molecule has 8 heteroatoms. The number of fused-ring (bicyclic) bond motifs is 1. The summed E-state index contributed by atoms with van der Waals surface area (Å²) >= 11 is 0. The normalized spacial score (nSPS) is 30.4. The smallest absolute Gasteiger partial charge is 0.238 e. The molecule has 0 aliphatic carbocycles. The van der Waals surface area contributed by atoms with Gasteiger partial charge in [0.05, 0.1) is 0 Å². The number of nitrogens with one attached hydrogen (secondary N) is 2. The number of nitrogens with zero attached hydrogens (tertiary/aromatic N) is 2. The van der Waals surface area contributed by atoms with Crippen molar-refractivity contribution < 1.29 is 13.2 Å². The van der Waals surface area contributed by atoms with Crippen molar-refractivity contribution in [3.63, 3.8) is 0 Å². The van der Waals surface area contributed by atoms with Gasteiger partial charge >= 0.3 is 0 Å². The van der Waals surface area contributed by atoms with Gasteiger partial charge in [-0.2, -0.15) is 5.10 Å². The van der Waals surface area contributed by atoms with Gasteiger partial charge in [0.2, 0.25) is 20.9 Å². The van der Waals surface area contributed by atoms with E-state index >= 15 is 0 Å². The zero-order chi connectivity index (χ0) is 10.3. The van der Waals surface area contributed by atoms with E-state index in [4.69, 9.17) is 0 Å². The average molecular weight is 216 g/mol. The zero-order valence-corrected chi connectivity index (χ0v) is 8.08. The largest absolute Gasteiger partial charge is 0.301 e. The summed E-state index contributed by atoms with van der Waals surface area (Å²) in [5.74, 6) is -0.917. The molecule has 0 aromatic carbocycles. The number of hydrogen-bond acceptors (Lipinski definition) is 6.